The van der Waals surface area contributed by atoms with Crippen molar-refractivity contribution in [1.82, 2.24) is 0 Å². The van der Waals surface area contributed by atoms with Crippen molar-refractivity contribution in [3.05, 3.63) is 92.6 Å². The molecular formula is C23H16Cl2O4. The number of rotatable bonds is 5. The van der Waals surface area contributed by atoms with Crippen LogP contribution in [0, 0.1) is 0 Å². The maximum atomic E-state index is 13.1. The van der Waals surface area contributed by atoms with E-state index in [0.717, 1.165) is 0 Å². The fourth-order valence-electron chi connectivity index (χ4n) is 2.98. The monoisotopic (exact) mass is 426 g/mol. The number of fused-ring (bicyclic) bond motifs is 1. The highest BCUT2D eigenvalue weighted by molar-refractivity contribution is 6.35. The van der Waals surface area contributed by atoms with Crippen molar-refractivity contribution in [2.75, 3.05) is 7.11 Å². The molecule has 4 aromatic rings. The average molecular weight is 427 g/mol. The zero-order valence-corrected chi connectivity index (χ0v) is 17.0. The Balaban J connectivity index is 1.81. The molecule has 0 bridgehead atoms. The Labute approximate surface area is 177 Å². The number of halogens is 2. The van der Waals surface area contributed by atoms with Crippen LogP contribution >= 0.6 is 23.2 Å². The van der Waals surface area contributed by atoms with Gasteiger partial charge in [0, 0.05) is 21.2 Å². The Morgan fingerprint density at radius 2 is 1.72 bits per heavy atom. The van der Waals surface area contributed by atoms with Gasteiger partial charge in [-0.3, -0.25) is 4.79 Å². The van der Waals surface area contributed by atoms with Gasteiger partial charge in [0.25, 0.3) is 0 Å². The second kappa shape index (κ2) is 8.19. The van der Waals surface area contributed by atoms with Crippen molar-refractivity contribution in [3.63, 3.8) is 0 Å². The molecule has 0 spiro atoms. The number of para-hydroxylation sites is 1. The fraction of sp³-hybridized carbons (Fsp3) is 0.0870. The van der Waals surface area contributed by atoms with Gasteiger partial charge in [0.2, 0.25) is 11.2 Å². The smallest absolute Gasteiger partial charge is 0.235 e. The molecule has 3 aromatic carbocycles. The summed E-state index contributed by atoms with van der Waals surface area (Å²) in [5, 5.41) is 1.44. The zero-order valence-electron chi connectivity index (χ0n) is 15.4. The molecule has 146 valence electrons. The van der Waals surface area contributed by atoms with Crippen molar-refractivity contribution in [1.29, 1.82) is 0 Å². The van der Waals surface area contributed by atoms with Gasteiger partial charge in [0.15, 0.2) is 5.76 Å². The summed E-state index contributed by atoms with van der Waals surface area (Å²) in [6.07, 6.45) is 0. The minimum absolute atomic E-state index is 0.0995. The van der Waals surface area contributed by atoms with E-state index in [-0.39, 0.29) is 17.8 Å². The molecule has 0 amide bonds. The van der Waals surface area contributed by atoms with Gasteiger partial charge < -0.3 is 13.9 Å². The summed E-state index contributed by atoms with van der Waals surface area (Å²) < 4.78 is 17.2. The number of benzene rings is 3. The molecule has 0 aliphatic rings. The van der Waals surface area contributed by atoms with Crippen molar-refractivity contribution >= 4 is 34.2 Å². The molecule has 0 aliphatic carbocycles. The van der Waals surface area contributed by atoms with Crippen LogP contribution in [0.25, 0.3) is 22.3 Å². The van der Waals surface area contributed by atoms with E-state index < -0.39 is 0 Å². The van der Waals surface area contributed by atoms with Crippen LogP contribution in [0.15, 0.2) is 75.9 Å². The van der Waals surface area contributed by atoms with Gasteiger partial charge in [-0.1, -0.05) is 41.4 Å². The van der Waals surface area contributed by atoms with Crippen molar-refractivity contribution < 1.29 is 13.9 Å². The molecule has 0 atom stereocenters. The van der Waals surface area contributed by atoms with Gasteiger partial charge >= 0.3 is 0 Å². The quantitative estimate of drug-likeness (QED) is 0.372. The molecule has 0 saturated carbocycles. The van der Waals surface area contributed by atoms with Gasteiger partial charge in [0.1, 0.15) is 17.9 Å². The molecular weight excluding hydrogens is 411 g/mol. The van der Waals surface area contributed by atoms with Crippen LogP contribution in [0.1, 0.15) is 5.56 Å². The van der Waals surface area contributed by atoms with Gasteiger partial charge in [-0.25, -0.2) is 0 Å². The van der Waals surface area contributed by atoms with Crippen LogP contribution in [0.5, 0.6) is 11.5 Å². The van der Waals surface area contributed by atoms with Crippen molar-refractivity contribution in [2.24, 2.45) is 0 Å². The molecule has 4 rings (SSSR count). The van der Waals surface area contributed by atoms with E-state index >= 15 is 0 Å². The first-order valence-corrected chi connectivity index (χ1v) is 9.59. The highest BCUT2D eigenvalue weighted by Gasteiger charge is 2.18. The van der Waals surface area contributed by atoms with E-state index in [1.54, 1.807) is 55.6 Å². The number of ether oxygens (including phenoxy) is 2. The summed E-state index contributed by atoms with van der Waals surface area (Å²) in [4.78, 5) is 13.1. The third-order valence-corrected chi connectivity index (χ3v) is 5.08. The lowest BCUT2D eigenvalue weighted by atomic mass is 10.1. The largest absolute Gasteiger partial charge is 0.497 e. The van der Waals surface area contributed by atoms with E-state index in [4.69, 9.17) is 37.1 Å². The summed E-state index contributed by atoms with van der Waals surface area (Å²) in [6.45, 7) is 0.0995. The van der Waals surface area contributed by atoms with Crippen LogP contribution in [-0.2, 0) is 6.61 Å². The topological polar surface area (TPSA) is 48.7 Å². The first-order chi connectivity index (χ1) is 14.1. The molecule has 0 N–H and O–H groups in total. The Bertz CT molecular complexity index is 1230. The molecule has 0 radical (unpaired) electrons. The predicted octanol–water partition coefficient (Wildman–Crippen LogP) is 6.35. The predicted molar refractivity (Wildman–Crippen MR) is 115 cm³/mol. The highest BCUT2D eigenvalue weighted by Crippen LogP contribution is 2.33. The van der Waals surface area contributed by atoms with Gasteiger partial charge in [-0.15, -0.1) is 0 Å². The summed E-state index contributed by atoms with van der Waals surface area (Å²) >= 11 is 12.2. The molecule has 0 aliphatic heterocycles. The van der Waals surface area contributed by atoms with E-state index in [1.165, 1.54) is 0 Å². The molecule has 4 nitrogen and oxygen atoms in total. The standard InChI is InChI=1S/C23H16Cl2O4/c1-27-17-10-7-14(8-11-17)22-23(21(26)18-4-2-3-5-20(18)29-22)28-13-15-6-9-16(24)12-19(15)25/h2-12H,13H2,1H3. The van der Waals surface area contributed by atoms with E-state index in [1.807, 2.05) is 18.2 Å². The third kappa shape index (κ3) is 3.95. The molecule has 0 fully saturated rings. The Morgan fingerprint density at radius 1 is 0.966 bits per heavy atom. The highest BCUT2D eigenvalue weighted by atomic mass is 35.5. The lowest BCUT2D eigenvalue weighted by molar-refractivity contribution is 0.298. The van der Waals surface area contributed by atoms with Crippen LogP contribution < -0.4 is 14.9 Å². The fourth-order valence-corrected chi connectivity index (χ4v) is 3.44. The summed E-state index contributed by atoms with van der Waals surface area (Å²) in [6, 6.07) is 19.4. The van der Waals surface area contributed by atoms with Gasteiger partial charge in [-0.05, 0) is 48.5 Å². The minimum Gasteiger partial charge on any atom is -0.497 e. The number of hydrogen-bond donors (Lipinski definition) is 0. The van der Waals surface area contributed by atoms with Crippen molar-refractivity contribution in [2.45, 2.75) is 6.61 Å². The summed E-state index contributed by atoms with van der Waals surface area (Å²) in [5.41, 5.74) is 1.65. The zero-order chi connectivity index (χ0) is 20.4. The molecule has 1 heterocycles. The summed E-state index contributed by atoms with van der Waals surface area (Å²) in [5.74, 6) is 1.17. The lowest BCUT2D eigenvalue weighted by Crippen LogP contribution is -2.10. The Morgan fingerprint density at radius 3 is 2.45 bits per heavy atom. The van der Waals surface area contributed by atoms with Crippen LogP contribution in [0.3, 0.4) is 0 Å². The van der Waals surface area contributed by atoms with E-state index in [0.29, 0.717) is 43.7 Å². The average Bonchev–Trinajstić information content (AvgIpc) is 2.74. The Kier molecular flexibility index (Phi) is 5.47. The maximum absolute atomic E-state index is 13.1. The van der Waals surface area contributed by atoms with Gasteiger partial charge in [-0.2, -0.15) is 0 Å². The summed E-state index contributed by atoms with van der Waals surface area (Å²) in [7, 11) is 1.59. The molecule has 0 unspecified atom stereocenters. The minimum atomic E-state index is -0.247. The second-order valence-electron chi connectivity index (χ2n) is 6.34. The Hall–Kier alpha value is -2.95. The molecule has 0 saturated heterocycles. The molecule has 6 heteroatoms. The van der Waals surface area contributed by atoms with E-state index in [2.05, 4.69) is 0 Å². The number of hydrogen-bond acceptors (Lipinski definition) is 4. The van der Waals surface area contributed by atoms with Crippen molar-refractivity contribution in [3.8, 4) is 22.8 Å². The van der Waals surface area contributed by atoms with Crippen LogP contribution in [0.2, 0.25) is 10.0 Å². The molecule has 1 aromatic heterocycles. The lowest BCUT2D eigenvalue weighted by Gasteiger charge is -2.13. The first kappa shape index (κ1) is 19.4. The van der Waals surface area contributed by atoms with Crippen LogP contribution in [-0.4, -0.2) is 7.11 Å². The van der Waals surface area contributed by atoms with Gasteiger partial charge in [0.05, 0.1) is 12.5 Å². The second-order valence-corrected chi connectivity index (χ2v) is 7.18. The van der Waals surface area contributed by atoms with Crippen LogP contribution in [0.4, 0.5) is 0 Å². The SMILES string of the molecule is COc1ccc(-c2oc3ccccc3c(=O)c2OCc2ccc(Cl)cc2Cl)cc1. The first-order valence-electron chi connectivity index (χ1n) is 8.84. The normalized spacial score (nSPS) is 10.9. The van der Waals surface area contributed by atoms with E-state index in [9.17, 15) is 4.79 Å². The molecule has 29 heavy (non-hydrogen) atoms. The third-order valence-electron chi connectivity index (χ3n) is 4.50. The number of methoxy groups -OCH3 is 1. The maximum Gasteiger partial charge on any atom is 0.235 e.